The number of phenols is 1. The summed E-state index contributed by atoms with van der Waals surface area (Å²) >= 11 is 7.33. The molecule has 0 aliphatic heterocycles. The molecule has 0 amide bonds. The Balaban J connectivity index is 2.60. The van der Waals surface area contributed by atoms with Crippen LogP contribution in [0.15, 0.2) is 29.0 Å². The summed E-state index contributed by atoms with van der Waals surface area (Å²) in [6, 6.07) is 5.07. The molecule has 4 heteroatoms. The monoisotopic (exact) mass is 225 g/mol. The van der Waals surface area contributed by atoms with Gasteiger partial charge in [0.15, 0.2) is 0 Å². The largest absolute Gasteiger partial charge is 0.507 e. The fourth-order valence-electron chi connectivity index (χ4n) is 1.23. The zero-order valence-corrected chi connectivity index (χ0v) is 8.77. The molecule has 1 heterocycles. The van der Waals surface area contributed by atoms with Gasteiger partial charge in [-0.3, -0.25) is 0 Å². The van der Waals surface area contributed by atoms with E-state index in [1.807, 2.05) is 16.8 Å². The van der Waals surface area contributed by atoms with E-state index in [0.717, 1.165) is 5.56 Å². The number of rotatable bonds is 1. The maximum absolute atomic E-state index is 9.65. The molecule has 0 aliphatic rings. The Hall–Kier alpha value is -1.19. The summed E-state index contributed by atoms with van der Waals surface area (Å²) in [5.41, 5.74) is 7.80. The van der Waals surface area contributed by atoms with Crippen molar-refractivity contribution in [2.24, 2.45) is 0 Å². The van der Waals surface area contributed by atoms with Crippen LogP contribution in [0.5, 0.6) is 5.75 Å². The topological polar surface area (TPSA) is 46.2 Å². The molecule has 2 nitrogen and oxygen atoms in total. The van der Waals surface area contributed by atoms with Crippen LogP contribution in [0.4, 0.5) is 5.69 Å². The van der Waals surface area contributed by atoms with Crippen LogP contribution in [0.3, 0.4) is 0 Å². The van der Waals surface area contributed by atoms with E-state index < -0.39 is 0 Å². The predicted molar refractivity (Wildman–Crippen MR) is 60.8 cm³/mol. The van der Waals surface area contributed by atoms with Crippen molar-refractivity contribution in [3.63, 3.8) is 0 Å². The molecule has 2 rings (SSSR count). The maximum Gasteiger partial charge on any atom is 0.125 e. The van der Waals surface area contributed by atoms with Gasteiger partial charge in [-0.25, -0.2) is 0 Å². The SMILES string of the molecule is Nc1cc(-c2ccsc2)c(O)cc1Cl. The number of hydrogen-bond donors (Lipinski definition) is 2. The van der Waals surface area contributed by atoms with Crippen molar-refractivity contribution in [1.82, 2.24) is 0 Å². The van der Waals surface area contributed by atoms with Crippen LogP contribution in [0.25, 0.3) is 11.1 Å². The van der Waals surface area contributed by atoms with Gasteiger partial charge in [0, 0.05) is 11.6 Å². The number of anilines is 1. The zero-order chi connectivity index (χ0) is 10.1. The molecule has 0 aliphatic carbocycles. The van der Waals surface area contributed by atoms with Crippen molar-refractivity contribution in [3.8, 4) is 16.9 Å². The summed E-state index contributed by atoms with van der Waals surface area (Å²) in [6.45, 7) is 0. The van der Waals surface area contributed by atoms with Gasteiger partial charge in [-0.05, 0) is 28.5 Å². The molecule has 2 aromatic rings. The Labute approximate surface area is 90.6 Å². The first-order valence-electron chi connectivity index (χ1n) is 3.99. The van der Waals surface area contributed by atoms with Crippen molar-refractivity contribution in [2.45, 2.75) is 0 Å². The smallest absolute Gasteiger partial charge is 0.125 e. The molecule has 0 bridgehead atoms. The van der Waals surface area contributed by atoms with Crippen LogP contribution in [0.2, 0.25) is 5.02 Å². The van der Waals surface area contributed by atoms with E-state index >= 15 is 0 Å². The quantitative estimate of drug-likeness (QED) is 0.578. The number of nitrogen functional groups attached to an aromatic ring is 1. The first-order valence-corrected chi connectivity index (χ1v) is 5.31. The standard InChI is InChI=1S/C10H8ClNOS/c11-8-4-10(13)7(3-9(8)12)6-1-2-14-5-6/h1-5,13H,12H2. The van der Waals surface area contributed by atoms with Crippen molar-refractivity contribution in [2.75, 3.05) is 5.73 Å². The maximum atomic E-state index is 9.65. The minimum Gasteiger partial charge on any atom is -0.507 e. The molecule has 0 radical (unpaired) electrons. The van der Waals surface area contributed by atoms with E-state index in [9.17, 15) is 5.11 Å². The summed E-state index contributed by atoms with van der Waals surface area (Å²) in [6.07, 6.45) is 0. The molecule has 0 saturated carbocycles. The number of hydrogen-bond acceptors (Lipinski definition) is 3. The third-order valence-electron chi connectivity index (χ3n) is 1.95. The van der Waals surface area contributed by atoms with Crippen molar-refractivity contribution in [3.05, 3.63) is 34.0 Å². The van der Waals surface area contributed by atoms with E-state index in [-0.39, 0.29) is 5.75 Å². The lowest BCUT2D eigenvalue weighted by Gasteiger charge is -2.05. The van der Waals surface area contributed by atoms with Gasteiger partial charge in [-0.2, -0.15) is 11.3 Å². The minimum absolute atomic E-state index is 0.155. The van der Waals surface area contributed by atoms with Crippen LogP contribution in [0.1, 0.15) is 0 Å². The number of nitrogens with two attached hydrogens (primary N) is 1. The second-order valence-electron chi connectivity index (χ2n) is 2.90. The summed E-state index contributed by atoms with van der Waals surface area (Å²) in [7, 11) is 0. The Bertz CT molecular complexity index is 453. The lowest BCUT2D eigenvalue weighted by molar-refractivity contribution is 0.477. The number of thiophene rings is 1. The highest BCUT2D eigenvalue weighted by Gasteiger charge is 2.07. The van der Waals surface area contributed by atoms with E-state index in [0.29, 0.717) is 16.3 Å². The molecular weight excluding hydrogens is 218 g/mol. The average Bonchev–Trinajstić information content (AvgIpc) is 2.64. The van der Waals surface area contributed by atoms with Gasteiger partial charge in [-0.15, -0.1) is 0 Å². The summed E-state index contributed by atoms with van der Waals surface area (Å²) in [4.78, 5) is 0. The Morgan fingerprint density at radius 3 is 2.79 bits per heavy atom. The zero-order valence-electron chi connectivity index (χ0n) is 7.20. The van der Waals surface area contributed by atoms with Crippen molar-refractivity contribution < 1.29 is 5.11 Å². The fourth-order valence-corrected chi connectivity index (χ4v) is 2.04. The van der Waals surface area contributed by atoms with Crippen LogP contribution in [0, 0.1) is 0 Å². The van der Waals surface area contributed by atoms with E-state index in [1.54, 1.807) is 17.4 Å². The summed E-state index contributed by atoms with van der Waals surface area (Å²) in [5, 5.41) is 13.9. The highest BCUT2D eigenvalue weighted by molar-refractivity contribution is 7.08. The molecule has 0 saturated heterocycles. The molecule has 0 unspecified atom stereocenters. The molecule has 3 N–H and O–H groups in total. The van der Waals surface area contributed by atoms with Gasteiger partial charge in [0.25, 0.3) is 0 Å². The van der Waals surface area contributed by atoms with Crippen molar-refractivity contribution in [1.29, 1.82) is 0 Å². The van der Waals surface area contributed by atoms with Crippen LogP contribution in [-0.2, 0) is 0 Å². The minimum atomic E-state index is 0.155. The molecule has 0 atom stereocenters. The highest BCUT2D eigenvalue weighted by Crippen LogP contribution is 2.35. The molecule has 0 fully saturated rings. The number of benzene rings is 1. The van der Waals surface area contributed by atoms with Gasteiger partial charge in [0.05, 0.1) is 10.7 Å². The molecule has 1 aromatic carbocycles. The third-order valence-corrected chi connectivity index (χ3v) is 2.96. The van der Waals surface area contributed by atoms with E-state index in [1.165, 1.54) is 6.07 Å². The molecule has 0 spiro atoms. The molecule has 72 valence electrons. The van der Waals surface area contributed by atoms with Gasteiger partial charge in [0.1, 0.15) is 5.75 Å². The van der Waals surface area contributed by atoms with Crippen LogP contribution < -0.4 is 5.73 Å². The van der Waals surface area contributed by atoms with Crippen molar-refractivity contribution >= 4 is 28.6 Å². The molecule has 1 aromatic heterocycles. The second kappa shape index (κ2) is 3.52. The lowest BCUT2D eigenvalue weighted by Crippen LogP contribution is -1.87. The highest BCUT2D eigenvalue weighted by atomic mass is 35.5. The predicted octanol–water partition coefficient (Wildman–Crippen LogP) is 3.36. The Morgan fingerprint density at radius 1 is 1.36 bits per heavy atom. The molecular formula is C10H8ClNOS. The van der Waals surface area contributed by atoms with E-state index in [2.05, 4.69) is 0 Å². The summed E-state index contributed by atoms with van der Waals surface area (Å²) < 4.78 is 0. The van der Waals surface area contributed by atoms with Gasteiger partial charge in [-0.1, -0.05) is 11.6 Å². The van der Waals surface area contributed by atoms with Gasteiger partial charge >= 0.3 is 0 Å². The van der Waals surface area contributed by atoms with E-state index in [4.69, 9.17) is 17.3 Å². The fraction of sp³-hybridized carbons (Fsp3) is 0. The number of phenolic OH excluding ortho intramolecular Hbond substituents is 1. The first-order chi connectivity index (χ1) is 6.68. The Morgan fingerprint density at radius 2 is 2.14 bits per heavy atom. The van der Waals surface area contributed by atoms with Gasteiger partial charge in [0.2, 0.25) is 0 Å². The second-order valence-corrected chi connectivity index (χ2v) is 4.09. The number of halogens is 1. The van der Waals surface area contributed by atoms with Crippen LogP contribution >= 0.6 is 22.9 Å². The normalized spacial score (nSPS) is 10.4. The third kappa shape index (κ3) is 1.56. The first kappa shape index (κ1) is 9.37. The number of aromatic hydroxyl groups is 1. The Kier molecular flexibility index (Phi) is 2.35. The van der Waals surface area contributed by atoms with Crippen LogP contribution in [-0.4, -0.2) is 5.11 Å². The molecule has 14 heavy (non-hydrogen) atoms. The lowest BCUT2D eigenvalue weighted by atomic mass is 10.1. The average molecular weight is 226 g/mol. The van der Waals surface area contributed by atoms with Gasteiger partial charge < -0.3 is 10.8 Å². The summed E-state index contributed by atoms with van der Waals surface area (Å²) in [5.74, 6) is 0.155.